The molecule has 0 aliphatic carbocycles. The lowest BCUT2D eigenvalue weighted by molar-refractivity contribution is -0.121. The van der Waals surface area contributed by atoms with Crippen molar-refractivity contribution in [3.8, 4) is 0 Å². The topological polar surface area (TPSA) is 32.3 Å². The van der Waals surface area contributed by atoms with E-state index >= 15 is 0 Å². The fourth-order valence-corrected chi connectivity index (χ4v) is 2.24. The molecule has 0 aromatic heterocycles. The summed E-state index contributed by atoms with van der Waals surface area (Å²) in [5.41, 5.74) is 0. The molecule has 0 aromatic carbocycles. The standard InChI is InChI=1S/C13H26N2O/c1-3-4-8-14-13(16)7-10-15-9-5-6-12(2)11-15/h12H,3-11H2,1-2H3,(H,14,16). The van der Waals surface area contributed by atoms with Gasteiger partial charge in [0.1, 0.15) is 0 Å². The molecule has 0 aromatic rings. The molecule has 1 unspecified atom stereocenters. The largest absolute Gasteiger partial charge is 0.356 e. The highest BCUT2D eigenvalue weighted by atomic mass is 16.1. The fraction of sp³-hybridized carbons (Fsp3) is 0.923. The fourth-order valence-electron chi connectivity index (χ4n) is 2.24. The SMILES string of the molecule is CCCCNC(=O)CCN1CCCC(C)C1. The summed E-state index contributed by atoms with van der Waals surface area (Å²) in [6.45, 7) is 8.55. The zero-order valence-electron chi connectivity index (χ0n) is 10.8. The zero-order valence-corrected chi connectivity index (χ0v) is 10.8. The van der Waals surface area contributed by atoms with Crippen LogP contribution in [-0.4, -0.2) is 37.0 Å². The number of likely N-dealkylation sites (tertiary alicyclic amines) is 1. The van der Waals surface area contributed by atoms with Crippen LogP contribution >= 0.6 is 0 Å². The molecular weight excluding hydrogens is 200 g/mol. The van der Waals surface area contributed by atoms with Crippen LogP contribution in [0.4, 0.5) is 0 Å². The molecule has 1 atom stereocenters. The van der Waals surface area contributed by atoms with E-state index in [0.29, 0.717) is 6.42 Å². The van der Waals surface area contributed by atoms with Gasteiger partial charge in [-0.15, -0.1) is 0 Å². The van der Waals surface area contributed by atoms with Gasteiger partial charge >= 0.3 is 0 Å². The maximum absolute atomic E-state index is 11.5. The molecule has 0 radical (unpaired) electrons. The summed E-state index contributed by atoms with van der Waals surface area (Å²) in [4.78, 5) is 13.9. The van der Waals surface area contributed by atoms with Gasteiger partial charge in [0.05, 0.1) is 0 Å². The normalized spacial score (nSPS) is 22.0. The lowest BCUT2D eigenvalue weighted by Gasteiger charge is -2.30. The predicted molar refractivity (Wildman–Crippen MR) is 67.4 cm³/mol. The van der Waals surface area contributed by atoms with Crippen molar-refractivity contribution in [1.82, 2.24) is 10.2 Å². The highest BCUT2D eigenvalue weighted by Gasteiger charge is 2.16. The van der Waals surface area contributed by atoms with Crippen molar-refractivity contribution in [1.29, 1.82) is 0 Å². The van der Waals surface area contributed by atoms with Crippen molar-refractivity contribution in [2.24, 2.45) is 5.92 Å². The molecule has 1 fully saturated rings. The first kappa shape index (κ1) is 13.5. The van der Waals surface area contributed by atoms with E-state index < -0.39 is 0 Å². The summed E-state index contributed by atoms with van der Waals surface area (Å²) in [5.74, 6) is 1.02. The van der Waals surface area contributed by atoms with E-state index in [2.05, 4.69) is 24.1 Å². The molecule has 1 aliphatic heterocycles. The average molecular weight is 226 g/mol. The van der Waals surface area contributed by atoms with E-state index in [0.717, 1.165) is 31.8 Å². The summed E-state index contributed by atoms with van der Waals surface area (Å²) in [6, 6.07) is 0. The number of rotatable bonds is 6. The average Bonchev–Trinajstić information content (AvgIpc) is 2.27. The Morgan fingerprint density at radius 1 is 1.50 bits per heavy atom. The van der Waals surface area contributed by atoms with Crippen LogP contribution in [0.25, 0.3) is 0 Å². The highest BCUT2D eigenvalue weighted by molar-refractivity contribution is 5.75. The molecule has 1 amide bonds. The molecule has 94 valence electrons. The smallest absolute Gasteiger partial charge is 0.221 e. The number of hydrogen-bond acceptors (Lipinski definition) is 2. The number of carbonyl (C=O) groups excluding carboxylic acids is 1. The van der Waals surface area contributed by atoms with E-state index in [4.69, 9.17) is 0 Å². The number of carbonyl (C=O) groups is 1. The van der Waals surface area contributed by atoms with Gasteiger partial charge in [-0.2, -0.15) is 0 Å². The minimum Gasteiger partial charge on any atom is -0.356 e. The first-order chi connectivity index (χ1) is 7.72. The minimum absolute atomic E-state index is 0.215. The molecule has 1 rings (SSSR count). The molecular formula is C13H26N2O. The van der Waals surface area contributed by atoms with Crippen LogP contribution in [0.15, 0.2) is 0 Å². The van der Waals surface area contributed by atoms with Crippen LogP contribution in [0.2, 0.25) is 0 Å². The van der Waals surface area contributed by atoms with Crippen LogP contribution in [-0.2, 0) is 4.79 Å². The summed E-state index contributed by atoms with van der Waals surface area (Å²) < 4.78 is 0. The van der Waals surface area contributed by atoms with Crippen molar-refractivity contribution >= 4 is 5.91 Å². The summed E-state index contributed by atoms with van der Waals surface area (Å²) in [7, 11) is 0. The van der Waals surface area contributed by atoms with Gasteiger partial charge in [-0.05, 0) is 31.7 Å². The first-order valence-corrected chi connectivity index (χ1v) is 6.71. The Labute approximate surface area is 99.6 Å². The maximum Gasteiger partial charge on any atom is 0.221 e. The lowest BCUT2D eigenvalue weighted by Crippen LogP contribution is -2.37. The molecule has 0 saturated carbocycles. The van der Waals surface area contributed by atoms with E-state index in [9.17, 15) is 4.79 Å². The Bertz CT molecular complexity index is 206. The highest BCUT2D eigenvalue weighted by Crippen LogP contribution is 2.15. The Kier molecular flexibility index (Phi) is 6.46. The van der Waals surface area contributed by atoms with Crippen LogP contribution < -0.4 is 5.32 Å². The van der Waals surface area contributed by atoms with Crippen molar-refractivity contribution in [2.45, 2.75) is 46.0 Å². The van der Waals surface area contributed by atoms with Gasteiger partial charge in [0.15, 0.2) is 0 Å². The Morgan fingerprint density at radius 2 is 2.31 bits per heavy atom. The summed E-state index contributed by atoms with van der Waals surface area (Å²) >= 11 is 0. The molecule has 3 nitrogen and oxygen atoms in total. The third-order valence-electron chi connectivity index (χ3n) is 3.25. The van der Waals surface area contributed by atoms with E-state index in [1.165, 1.54) is 25.9 Å². The van der Waals surface area contributed by atoms with E-state index in [1.807, 2.05) is 0 Å². The van der Waals surface area contributed by atoms with Crippen LogP contribution in [0.5, 0.6) is 0 Å². The van der Waals surface area contributed by atoms with Crippen molar-refractivity contribution in [2.75, 3.05) is 26.2 Å². The van der Waals surface area contributed by atoms with Gasteiger partial charge in [0.25, 0.3) is 0 Å². The number of piperidine rings is 1. The number of nitrogens with one attached hydrogen (secondary N) is 1. The Balaban J connectivity index is 2.06. The van der Waals surface area contributed by atoms with Crippen LogP contribution in [0.1, 0.15) is 46.0 Å². The van der Waals surface area contributed by atoms with Crippen LogP contribution in [0.3, 0.4) is 0 Å². The van der Waals surface area contributed by atoms with E-state index in [-0.39, 0.29) is 5.91 Å². The summed E-state index contributed by atoms with van der Waals surface area (Å²) in [5, 5.41) is 2.97. The van der Waals surface area contributed by atoms with Gasteiger partial charge in [0, 0.05) is 26.1 Å². The number of amides is 1. The molecule has 1 N–H and O–H groups in total. The Morgan fingerprint density at radius 3 is 3.00 bits per heavy atom. The van der Waals surface area contributed by atoms with Gasteiger partial charge < -0.3 is 10.2 Å². The first-order valence-electron chi connectivity index (χ1n) is 6.71. The van der Waals surface area contributed by atoms with E-state index in [1.54, 1.807) is 0 Å². The molecule has 1 heterocycles. The second-order valence-corrected chi connectivity index (χ2v) is 5.00. The third kappa shape index (κ3) is 5.50. The second-order valence-electron chi connectivity index (χ2n) is 5.00. The number of nitrogens with zero attached hydrogens (tertiary/aromatic N) is 1. The minimum atomic E-state index is 0.215. The number of unbranched alkanes of at least 4 members (excludes halogenated alkanes) is 1. The molecule has 16 heavy (non-hydrogen) atoms. The maximum atomic E-state index is 11.5. The molecule has 0 bridgehead atoms. The summed E-state index contributed by atoms with van der Waals surface area (Å²) in [6.07, 6.45) is 5.53. The molecule has 0 spiro atoms. The molecule has 1 aliphatic rings. The van der Waals surface area contributed by atoms with Gasteiger partial charge in [-0.1, -0.05) is 20.3 Å². The van der Waals surface area contributed by atoms with Gasteiger partial charge in [0.2, 0.25) is 5.91 Å². The zero-order chi connectivity index (χ0) is 11.8. The van der Waals surface area contributed by atoms with Gasteiger partial charge in [-0.25, -0.2) is 0 Å². The number of hydrogen-bond donors (Lipinski definition) is 1. The lowest BCUT2D eigenvalue weighted by atomic mass is 10.0. The van der Waals surface area contributed by atoms with Crippen molar-refractivity contribution < 1.29 is 4.79 Å². The van der Waals surface area contributed by atoms with Crippen molar-refractivity contribution in [3.63, 3.8) is 0 Å². The van der Waals surface area contributed by atoms with Crippen molar-refractivity contribution in [3.05, 3.63) is 0 Å². The third-order valence-corrected chi connectivity index (χ3v) is 3.25. The van der Waals surface area contributed by atoms with Gasteiger partial charge in [-0.3, -0.25) is 4.79 Å². The predicted octanol–water partition coefficient (Wildman–Crippen LogP) is 2.02. The second kappa shape index (κ2) is 7.66. The Hall–Kier alpha value is -0.570. The molecule has 3 heteroatoms. The van der Waals surface area contributed by atoms with Crippen LogP contribution in [0, 0.1) is 5.92 Å². The molecule has 1 saturated heterocycles. The monoisotopic (exact) mass is 226 g/mol. The quantitative estimate of drug-likeness (QED) is 0.703.